The van der Waals surface area contributed by atoms with E-state index in [-0.39, 0.29) is 29.5 Å². The number of carbonyl (C=O) groups is 2. The molecule has 0 spiro atoms. The molecule has 2 heterocycles. The molecule has 1 aliphatic heterocycles. The van der Waals surface area contributed by atoms with Gasteiger partial charge in [-0.3, -0.25) is 14.5 Å². The largest absolute Gasteiger partial charge is 0.365 e. The number of carbonyl (C=O) groups excluding carboxylic acids is 2. The van der Waals surface area contributed by atoms with Crippen LogP contribution in [0.2, 0.25) is 0 Å². The summed E-state index contributed by atoms with van der Waals surface area (Å²) >= 11 is 1.35. The molecule has 0 saturated heterocycles. The molecular weight excluding hydrogens is 446 g/mol. The fourth-order valence-corrected chi connectivity index (χ4v) is 5.93. The molecule has 0 radical (unpaired) electrons. The highest BCUT2D eigenvalue weighted by Crippen LogP contribution is 2.37. The summed E-state index contributed by atoms with van der Waals surface area (Å²) in [4.78, 5) is 27.9. The number of benzene rings is 1. The van der Waals surface area contributed by atoms with Crippen LogP contribution in [0.4, 0.5) is 5.00 Å². The molecule has 3 rings (SSSR count). The molecule has 10 heteroatoms. The number of sulfone groups is 1. The summed E-state index contributed by atoms with van der Waals surface area (Å²) in [6.07, 6.45) is 0.497. The van der Waals surface area contributed by atoms with Gasteiger partial charge in [0.05, 0.1) is 16.2 Å². The molecule has 0 aliphatic carbocycles. The number of nitrogens with one attached hydrogen (secondary N) is 1. The van der Waals surface area contributed by atoms with Crippen LogP contribution in [0.5, 0.6) is 0 Å². The molecule has 2 amide bonds. The molecule has 0 bridgehead atoms. The van der Waals surface area contributed by atoms with Gasteiger partial charge >= 0.3 is 0 Å². The number of thiophene rings is 1. The smallest absolute Gasteiger partial charge is 0.251 e. The first-order chi connectivity index (χ1) is 13.7. The Hall–Kier alpha value is -1.94. The van der Waals surface area contributed by atoms with Crippen LogP contribution in [0.15, 0.2) is 35.2 Å². The number of halogens is 1. The zero-order valence-electron chi connectivity index (χ0n) is 16.9. The van der Waals surface area contributed by atoms with E-state index in [9.17, 15) is 18.0 Å². The molecule has 0 fully saturated rings. The second-order valence-electron chi connectivity index (χ2n) is 7.32. The van der Waals surface area contributed by atoms with Crippen molar-refractivity contribution in [1.29, 1.82) is 0 Å². The number of nitrogens with zero attached hydrogens (tertiary/aromatic N) is 1. The lowest BCUT2D eigenvalue weighted by atomic mass is 10.0. The molecule has 1 aliphatic rings. The highest BCUT2D eigenvalue weighted by molar-refractivity contribution is 7.91. The van der Waals surface area contributed by atoms with Crippen molar-refractivity contribution in [3.05, 3.63) is 46.3 Å². The lowest BCUT2D eigenvalue weighted by Crippen LogP contribution is -2.35. The molecule has 0 atom stereocenters. The number of nitrogens with two attached hydrogens (primary N) is 1. The Labute approximate surface area is 187 Å². The van der Waals surface area contributed by atoms with Gasteiger partial charge in [0, 0.05) is 30.4 Å². The summed E-state index contributed by atoms with van der Waals surface area (Å²) in [6.45, 7) is 5.76. The van der Waals surface area contributed by atoms with E-state index in [1.165, 1.54) is 23.5 Å². The Morgan fingerprint density at radius 2 is 1.90 bits per heavy atom. The van der Waals surface area contributed by atoms with E-state index in [0.717, 1.165) is 17.0 Å². The minimum absolute atomic E-state index is 0. The zero-order chi connectivity index (χ0) is 21.2. The average molecular weight is 472 g/mol. The van der Waals surface area contributed by atoms with Crippen molar-refractivity contribution in [2.75, 3.05) is 17.6 Å². The summed E-state index contributed by atoms with van der Waals surface area (Å²) in [5.41, 5.74) is 6.83. The van der Waals surface area contributed by atoms with Crippen molar-refractivity contribution in [2.45, 2.75) is 44.2 Å². The zero-order valence-corrected chi connectivity index (χ0v) is 19.3. The molecule has 1 aromatic carbocycles. The molecule has 0 saturated carbocycles. The van der Waals surface area contributed by atoms with Crippen LogP contribution < -0.4 is 11.1 Å². The van der Waals surface area contributed by atoms with Crippen LogP contribution in [-0.4, -0.2) is 43.5 Å². The van der Waals surface area contributed by atoms with Crippen molar-refractivity contribution in [1.82, 2.24) is 4.90 Å². The number of fused-ring (bicyclic) bond motifs is 1. The van der Waals surface area contributed by atoms with Gasteiger partial charge in [-0.1, -0.05) is 18.2 Å². The number of anilines is 1. The van der Waals surface area contributed by atoms with Gasteiger partial charge in [-0.2, -0.15) is 0 Å². The van der Waals surface area contributed by atoms with Crippen LogP contribution in [-0.2, 0) is 27.6 Å². The summed E-state index contributed by atoms with van der Waals surface area (Å²) in [7, 11) is -3.55. The third kappa shape index (κ3) is 5.40. The van der Waals surface area contributed by atoms with Gasteiger partial charge in [0.15, 0.2) is 9.84 Å². The number of amides is 2. The van der Waals surface area contributed by atoms with E-state index in [0.29, 0.717) is 29.6 Å². The minimum atomic E-state index is -3.55. The lowest BCUT2D eigenvalue weighted by molar-refractivity contribution is -0.115. The van der Waals surface area contributed by atoms with Crippen molar-refractivity contribution >= 4 is 50.4 Å². The predicted molar refractivity (Wildman–Crippen MR) is 121 cm³/mol. The van der Waals surface area contributed by atoms with E-state index in [4.69, 9.17) is 5.73 Å². The van der Waals surface area contributed by atoms with Crippen molar-refractivity contribution in [3.63, 3.8) is 0 Å². The first kappa shape index (κ1) is 24.3. The highest BCUT2D eigenvalue weighted by atomic mass is 35.5. The van der Waals surface area contributed by atoms with Gasteiger partial charge < -0.3 is 11.1 Å². The molecule has 0 unspecified atom stereocenters. The first-order valence-corrected chi connectivity index (χ1v) is 11.9. The molecule has 7 nitrogen and oxygen atoms in total. The maximum Gasteiger partial charge on any atom is 0.251 e. The Balaban J connectivity index is 0.00000320. The van der Waals surface area contributed by atoms with Gasteiger partial charge in [-0.05, 0) is 38.0 Å². The number of hydrogen-bond donors (Lipinski definition) is 2. The Morgan fingerprint density at radius 3 is 2.50 bits per heavy atom. The Bertz CT molecular complexity index is 1020. The SMILES string of the molecule is CC(C)N1CCc2c(sc(NC(=O)CCS(=O)(=O)c3ccccc3)c2C(N)=O)C1.Cl. The number of hydrogen-bond acceptors (Lipinski definition) is 6. The quantitative estimate of drug-likeness (QED) is 0.645. The highest BCUT2D eigenvalue weighted by Gasteiger charge is 2.28. The monoisotopic (exact) mass is 471 g/mol. The summed E-state index contributed by atoms with van der Waals surface area (Å²) < 4.78 is 24.7. The maximum absolute atomic E-state index is 12.4. The number of rotatable bonds is 7. The summed E-state index contributed by atoms with van der Waals surface area (Å²) in [5, 5.41) is 3.13. The normalized spacial score (nSPS) is 14.1. The average Bonchev–Trinajstić information content (AvgIpc) is 3.04. The predicted octanol–water partition coefficient (Wildman–Crippen LogP) is 2.84. The second kappa shape index (κ2) is 9.91. The van der Waals surface area contributed by atoms with E-state index in [1.807, 2.05) is 0 Å². The number of primary amides is 1. The van der Waals surface area contributed by atoms with Gasteiger partial charge in [-0.15, -0.1) is 23.7 Å². The molecule has 30 heavy (non-hydrogen) atoms. The third-order valence-corrected chi connectivity index (χ3v) is 7.88. The van der Waals surface area contributed by atoms with Crippen LogP contribution in [0.25, 0.3) is 0 Å². The van der Waals surface area contributed by atoms with Crippen LogP contribution >= 0.6 is 23.7 Å². The summed E-state index contributed by atoms with van der Waals surface area (Å²) in [5.74, 6) is -1.33. The molecule has 1 aromatic heterocycles. The van der Waals surface area contributed by atoms with Crippen LogP contribution in [0, 0.1) is 0 Å². The standard InChI is InChI=1S/C20H25N3O4S2.ClH/c1-13(2)23-10-8-15-16(12-23)28-20(18(15)19(21)25)22-17(24)9-11-29(26,27)14-6-4-3-5-7-14;/h3-7,13H,8-12H2,1-2H3,(H2,21,25)(H,22,24);1H. The van der Waals surface area contributed by atoms with Crippen molar-refractivity contribution in [3.8, 4) is 0 Å². The van der Waals surface area contributed by atoms with E-state index in [2.05, 4.69) is 24.1 Å². The molecular formula is C20H26ClN3O4S2. The molecule has 164 valence electrons. The van der Waals surface area contributed by atoms with Gasteiger partial charge in [-0.25, -0.2) is 8.42 Å². The first-order valence-electron chi connectivity index (χ1n) is 9.45. The van der Waals surface area contributed by atoms with E-state index in [1.54, 1.807) is 18.2 Å². The Kier molecular flexibility index (Phi) is 8.04. The van der Waals surface area contributed by atoms with Gasteiger partial charge in [0.2, 0.25) is 5.91 Å². The maximum atomic E-state index is 12.4. The van der Waals surface area contributed by atoms with Crippen molar-refractivity contribution < 1.29 is 18.0 Å². The second-order valence-corrected chi connectivity index (χ2v) is 10.5. The van der Waals surface area contributed by atoms with Crippen LogP contribution in [0.3, 0.4) is 0 Å². The van der Waals surface area contributed by atoms with Gasteiger partial charge in [0.25, 0.3) is 5.91 Å². The van der Waals surface area contributed by atoms with Gasteiger partial charge in [0.1, 0.15) is 5.00 Å². The van der Waals surface area contributed by atoms with Crippen LogP contribution in [0.1, 0.15) is 41.1 Å². The van der Waals surface area contributed by atoms with E-state index >= 15 is 0 Å². The van der Waals surface area contributed by atoms with E-state index < -0.39 is 21.7 Å². The van der Waals surface area contributed by atoms with Crippen molar-refractivity contribution in [2.24, 2.45) is 5.73 Å². The topological polar surface area (TPSA) is 110 Å². The lowest BCUT2D eigenvalue weighted by Gasteiger charge is -2.30. The summed E-state index contributed by atoms with van der Waals surface area (Å²) in [6, 6.07) is 8.41. The molecule has 2 aromatic rings. The molecule has 3 N–H and O–H groups in total. The minimum Gasteiger partial charge on any atom is -0.365 e. The third-order valence-electron chi connectivity index (χ3n) is 5.02. The fraction of sp³-hybridized carbons (Fsp3) is 0.400. The Morgan fingerprint density at radius 1 is 1.23 bits per heavy atom. The fourth-order valence-electron chi connectivity index (χ4n) is 3.37.